The second kappa shape index (κ2) is 7.38. The normalized spacial score (nSPS) is 12.4. The summed E-state index contributed by atoms with van der Waals surface area (Å²) in [6, 6.07) is 8.58. The lowest BCUT2D eigenvalue weighted by molar-refractivity contribution is 0.646. The van der Waals surface area contributed by atoms with Gasteiger partial charge in [-0.1, -0.05) is 13.0 Å². The third-order valence-corrected chi connectivity index (χ3v) is 5.04. The second-order valence-electron chi connectivity index (χ2n) is 5.17. The topological polar surface area (TPSA) is 51.8 Å². The van der Waals surface area contributed by atoms with Gasteiger partial charge in [0.15, 0.2) is 5.16 Å². The lowest BCUT2D eigenvalue weighted by atomic mass is 10.1. The van der Waals surface area contributed by atoms with Crippen LogP contribution in [0.5, 0.6) is 0 Å². The van der Waals surface area contributed by atoms with Gasteiger partial charge in [0.2, 0.25) is 0 Å². The number of benzene rings is 1. The van der Waals surface area contributed by atoms with Crippen LogP contribution < -0.4 is 5.73 Å². The van der Waals surface area contributed by atoms with Gasteiger partial charge >= 0.3 is 0 Å². The van der Waals surface area contributed by atoms with Gasteiger partial charge in [-0.25, -0.2) is 9.97 Å². The number of hydrogen-bond donors (Lipinski definition) is 1. The van der Waals surface area contributed by atoms with Crippen molar-refractivity contribution in [3.8, 4) is 0 Å². The van der Waals surface area contributed by atoms with Gasteiger partial charge < -0.3 is 5.73 Å². The van der Waals surface area contributed by atoms with Crippen molar-refractivity contribution in [3.05, 3.63) is 45.7 Å². The van der Waals surface area contributed by atoms with E-state index < -0.39 is 0 Å². The molecule has 0 saturated carbocycles. The molecule has 2 N–H and O–H groups in total. The fraction of sp³-hybridized carbons (Fsp3) is 0.375. The van der Waals surface area contributed by atoms with Crippen molar-refractivity contribution in [1.82, 2.24) is 9.97 Å². The third-order valence-electron chi connectivity index (χ3n) is 3.18. The van der Waals surface area contributed by atoms with Crippen molar-refractivity contribution in [3.63, 3.8) is 0 Å². The Morgan fingerprint density at radius 2 is 1.86 bits per heavy atom. The SMILES string of the molecule is CCC(N)Cc1ccc(Sc2nc(C)cc(C)n2)c(Br)c1. The first-order valence-corrected chi connectivity index (χ1v) is 8.63. The van der Waals surface area contributed by atoms with E-state index in [1.807, 2.05) is 19.9 Å². The number of nitrogens with zero attached hydrogens (tertiary/aromatic N) is 2. The molecular formula is C16H20BrN3S. The molecule has 0 fully saturated rings. The Hall–Kier alpha value is -0.910. The molecule has 1 aromatic heterocycles. The third kappa shape index (κ3) is 4.80. The molecule has 0 aliphatic rings. The van der Waals surface area contributed by atoms with Gasteiger partial charge in [0, 0.05) is 26.8 Å². The zero-order chi connectivity index (χ0) is 15.4. The predicted octanol–water partition coefficient (Wildman–Crippen LogP) is 4.29. The Morgan fingerprint density at radius 3 is 2.43 bits per heavy atom. The minimum Gasteiger partial charge on any atom is -0.327 e. The highest BCUT2D eigenvalue weighted by Crippen LogP contribution is 2.32. The number of halogens is 1. The first kappa shape index (κ1) is 16.5. The molecule has 0 radical (unpaired) electrons. The lowest BCUT2D eigenvalue weighted by Gasteiger charge is -2.11. The van der Waals surface area contributed by atoms with Gasteiger partial charge in [-0.3, -0.25) is 0 Å². The number of hydrogen-bond acceptors (Lipinski definition) is 4. The van der Waals surface area contributed by atoms with Crippen LogP contribution in [0.2, 0.25) is 0 Å². The molecule has 0 amide bonds. The minimum absolute atomic E-state index is 0.221. The zero-order valence-electron chi connectivity index (χ0n) is 12.6. The molecule has 1 unspecified atom stereocenters. The standard InChI is InChI=1S/C16H20BrN3S/c1-4-13(18)8-12-5-6-15(14(17)9-12)21-16-19-10(2)7-11(3)20-16/h5-7,9,13H,4,8,18H2,1-3H3. The van der Waals surface area contributed by atoms with Crippen molar-refractivity contribution >= 4 is 27.7 Å². The fourth-order valence-electron chi connectivity index (χ4n) is 2.04. The number of nitrogens with two attached hydrogens (primary N) is 1. The van der Waals surface area contributed by atoms with Crippen LogP contribution in [0.15, 0.2) is 38.8 Å². The van der Waals surface area contributed by atoms with Crippen LogP contribution in [-0.4, -0.2) is 16.0 Å². The van der Waals surface area contributed by atoms with E-state index in [1.54, 1.807) is 11.8 Å². The molecule has 0 aliphatic carbocycles. The summed E-state index contributed by atoms with van der Waals surface area (Å²) in [6.07, 6.45) is 1.89. The van der Waals surface area contributed by atoms with Crippen LogP contribution in [-0.2, 0) is 6.42 Å². The van der Waals surface area contributed by atoms with Gasteiger partial charge in [0.25, 0.3) is 0 Å². The average molecular weight is 366 g/mol. The van der Waals surface area contributed by atoms with E-state index in [0.717, 1.165) is 38.8 Å². The largest absolute Gasteiger partial charge is 0.327 e. The summed E-state index contributed by atoms with van der Waals surface area (Å²) < 4.78 is 1.07. The summed E-state index contributed by atoms with van der Waals surface area (Å²) in [5, 5.41) is 0.784. The molecule has 1 aromatic carbocycles. The van der Waals surface area contributed by atoms with Gasteiger partial charge in [0.05, 0.1) is 0 Å². The molecule has 0 saturated heterocycles. The van der Waals surface area contributed by atoms with Gasteiger partial charge in [0.1, 0.15) is 0 Å². The van der Waals surface area contributed by atoms with Crippen LogP contribution in [0.25, 0.3) is 0 Å². The summed E-state index contributed by atoms with van der Waals surface area (Å²) >= 11 is 5.21. The van der Waals surface area contributed by atoms with Crippen molar-refractivity contribution in [1.29, 1.82) is 0 Å². The Morgan fingerprint density at radius 1 is 1.19 bits per heavy atom. The Bertz CT molecular complexity index is 611. The summed E-state index contributed by atoms with van der Waals surface area (Å²) in [6.45, 7) is 6.09. The Labute approximate surface area is 138 Å². The molecule has 3 nitrogen and oxygen atoms in total. The number of rotatable bonds is 5. The molecule has 2 aromatic rings. The smallest absolute Gasteiger partial charge is 0.192 e. The minimum atomic E-state index is 0.221. The highest BCUT2D eigenvalue weighted by molar-refractivity contribution is 9.10. The molecular weight excluding hydrogens is 346 g/mol. The van der Waals surface area contributed by atoms with Crippen LogP contribution in [0, 0.1) is 13.8 Å². The number of aromatic nitrogens is 2. The summed E-state index contributed by atoms with van der Waals surface area (Å²) in [5.74, 6) is 0. The first-order chi connectivity index (χ1) is 9.97. The maximum Gasteiger partial charge on any atom is 0.192 e. The molecule has 5 heteroatoms. The Balaban J connectivity index is 2.17. The van der Waals surface area contributed by atoms with Gasteiger partial charge in [-0.05, 0) is 78.1 Å². The average Bonchev–Trinajstić information content (AvgIpc) is 2.40. The van der Waals surface area contributed by atoms with E-state index in [0.29, 0.717) is 0 Å². The van der Waals surface area contributed by atoms with Gasteiger partial charge in [-0.15, -0.1) is 0 Å². The van der Waals surface area contributed by atoms with E-state index in [4.69, 9.17) is 5.73 Å². The van der Waals surface area contributed by atoms with Crippen LogP contribution >= 0.6 is 27.7 Å². The molecule has 21 heavy (non-hydrogen) atoms. The maximum absolute atomic E-state index is 6.01. The summed E-state index contributed by atoms with van der Waals surface area (Å²) in [7, 11) is 0. The Kier molecular flexibility index (Phi) is 5.79. The molecule has 0 bridgehead atoms. The summed E-state index contributed by atoms with van der Waals surface area (Å²) in [4.78, 5) is 10.1. The van der Waals surface area contributed by atoms with Crippen molar-refractivity contribution in [2.45, 2.75) is 49.7 Å². The van der Waals surface area contributed by atoms with Gasteiger partial charge in [-0.2, -0.15) is 0 Å². The van der Waals surface area contributed by atoms with Crippen LogP contribution in [0.4, 0.5) is 0 Å². The van der Waals surface area contributed by atoms with E-state index >= 15 is 0 Å². The maximum atomic E-state index is 6.01. The fourth-order valence-corrected chi connectivity index (χ4v) is 3.58. The molecule has 0 spiro atoms. The molecule has 1 atom stereocenters. The van der Waals surface area contributed by atoms with E-state index in [1.165, 1.54) is 5.56 Å². The molecule has 1 heterocycles. The van der Waals surface area contributed by atoms with Crippen LogP contribution in [0.3, 0.4) is 0 Å². The first-order valence-electron chi connectivity index (χ1n) is 7.02. The van der Waals surface area contributed by atoms with Crippen molar-refractivity contribution < 1.29 is 0 Å². The highest BCUT2D eigenvalue weighted by atomic mass is 79.9. The quantitative estimate of drug-likeness (QED) is 0.803. The van der Waals surface area contributed by atoms with Crippen molar-refractivity contribution in [2.75, 3.05) is 0 Å². The van der Waals surface area contributed by atoms with E-state index in [2.05, 4.69) is 51.0 Å². The van der Waals surface area contributed by atoms with E-state index in [9.17, 15) is 0 Å². The lowest BCUT2D eigenvalue weighted by Crippen LogP contribution is -2.21. The van der Waals surface area contributed by atoms with Crippen LogP contribution in [0.1, 0.15) is 30.3 Å². The monoisotopic (exact) mass is 365 g/mol. The molecule has 0 aliphatic heterocycles. The molecule has 2 rings (SSSR count). The second-order valence-corrected chi connectivity index (χ2v) is 7.04. The van der Waals surface area contributed by atoms with Crippen molar-refractivity contribution in [2.24, 2.45) is 5.73 Å². The number of aryl methyl sites for hydroxylation is 2. The molecule has 112 valence electrons. The van der Waals surface area contributed by atoms with E-state index in [-0.39, 0.29) is 6.04 Å². The highest BCUT2D eigenvalue weighted by Gasteiger charge is 2.08. The zero-order valence-corrected chi connectivity index (χ0v) is 15.0. The summed E-state index contributed by atoms with van der Waals surface area (Å²) in [5.41, 5.74) is 9.25. The predicted molar refractivity (Wildman–Crippen MR) is 91.7 cm³/mol.